The van der Waals surface area contributed by atoms with Gasteiger partial charge in [0.2, 0.25) is 0 Å². The van der Waals surface area contributed by atoms with Gasteiger partial charge in [-0.25, -0.2) is 9.78 Å². The molecular formula is C25H22N6O2. The molecule has 0 radical (unpaired) electrons. The fraction of sp³-hybridized carbons (Fsp3) is 0.0800. The number of amides is 2. The van der Waals surface area contributed by atoms with E-state index in [0.717, 1.165) is 34.1 Å². The molecule has 5 aromatic rings. The average Bonchev–Trinajstić information content (AvgIpc) is 3.25. The van der Waals surface area contributed by atoms with Crippen LogP contribution in [0.4, 0.5) is 10.5 Å². The summed E-state index contributed by atoms with van der Waals surface area (Å²) < 4.78 is 2.12. The lowest BCUT2D eigenvalue weighted by Gasteiger charge is -2.11. The maximum absolute atomic E-state index is 12.2. The number of hydrazine groups is 1. The Kier molecular flexibility index (Phi) is 5.47. The number of pyridine rings is 1. The zero-order chi connectivity index (χ0) is 22.6. The molecule has 5 rings (SSSR count). The lowest BCUT2D eigenvalue weighted by Crippen LogP contribution is -2.38. The molecule has 2 aromatic heterocycles. The average molecular weight is 438 g/mol. The van der Waals surface area contributed by atoms with Crippen LogP contribution in [0.3, 0.4) is 0 Å². The van der Waals surface area contributed by atoms with Crippen molar-refractivity contribution >= 4 is 33.5 Å². The molecule has 2 amide bonds. The standard InChI is InChI=1S/C25H22N6O2/c32-24-21-10-9-20(13-19(21)11-12-26-24)29-30-25(33)27-14-17-5-7-18(8-6-17)15-31-16-28-22-3-1-2-4-23(22)31/h1-13,16,29H,14-15H2,(H,26,32)(H2,27,30,33). The number of aromatic amines is 1. The number of carbonyl (C=O) groups excluding carboxylic acids is 1. The van der Waals surface area contributed by atoms with E-state index >= 15 is 0 Å². The van der Waals surface area contributed by atoms with Crippen molar-refractivity contribution in [2.24, 2.45) is 0 Å². The zero-order valence-corrected chi connectivity index (χ0v) is 17.7. The molecule has 8 nitrogen and oxygen atoms in total. The summed E-state index contributed by atoms with van der Waals surface area (Å²) in [6.45, 7) is 1.13. The number of hydrogen-bond acceptors (Lipinski definition) is 4. The maximum Gasteiger partial charge on any atom is 0.333 e. The van der Waals surface area contributed by atoms with Gasteiger partial charge in [-0.05, 0) is 52.9 Å². The fourth-order valence-corrected chi connectivity index (χ4v) is 3.72. The first-order valence-electron chi connectivity index (χ1n) is 10.5. The van der Waals surface area contributed by atoms with Crippen molar-refractivity contribution in [3.8, 4) is 0 Å². The number of H-pyrrole nitrogens is 1. The van der Waals surface area contributed by atoms with E-state index in [1.165, 1.54) is 0 Å². The monoisotopic (exact) mass is 438 g/mol. The van der Waals surface area contributed by atoms with Gasteiger partial charge >= 0.3 is 6.03 Å². The number of anilines is 1. The van der Waals surface area contributed by atoms with Gasteiger partial charge in [0.1, 0.15) is 0 Å². The number of rotatable bonds is 6. The minimum Gasteiger partial charge on any atom is -0.333 e. The van der Waals surface area contributed by atoms with Gasteiger partial charge in [0.05, 0.1) is 23.0 Å². The van der Waals surface area contributed by atoms with Crippen LogP contribution in [0.1, 0.15) is 11.1 Å². The van der Waals surface area contributed by atoms with E-state index in [1.54, 1.807) is 30.5 Å². The van der Waals surface area contributed by atoms with Crippen molar-refractivity contribution < 1.29 is 4.79 Å². The van der Waals surface area contributed by atoms with Crippen LogP contribution >= 0.6 is 0 Å². The molecule has 2 heterocycles. The molecule has 4 N–H and O–H groups in total. The van der Waals surface area contributed by atoms with Gasteiger partial charge in [0.25, 0.3) is 5.56 Å². The summed E-state index contributed by atoms with van der Waals surface area (Å²) in [4.78, 5) is 31.0. The van der Waals surface area contributed by atoms with E-state index in [9.17, 15) is 9.59 Å². The van der Waals surface area contributed by atoms with Gasteiger partial charge in [-0.3, -0.25) is 15.6 Å². The molecule has 0 saturated carbocycles. The van der Waals surface area contributed by atoms with E-state index in [1.807, 2.05) is 36.7 Å². The van der Waals surface area contributed by atoms with E-state index in [-0.39, 0.29) is 11.6 Å². The van der Waals surface area contributed by atoms with Gasteiger partial charge in [0.15, 0.2) is 0 Å². The van der Waals surface area contributed by atoms with Crippen LogP contribution in [-0.4, -0.2) is 20.6 Å². The molecule has 0 aliphatic heterocycles. The van der Waals surface area contributed by atoms with Crippen molar-refractivity contribution in [1.82, 2.24) is 25.3 Å². The normalized spacial score (nSPS) is 10.9. The second-order valence-electron chi connectivity index (χ2n) is 7.72. The van der Waals surface area contributed by atoms with Crippen molar-refractivity contribution in [2.45, 2.75) is 13.1 Å². The summed E-state index contributed by atoms with van der Waals surface area (Å²) in [5.74, 6) is 0. The van der Waals surface area contributed by atoms with Crippen molar-refractivity contribution in [3.05, 3.63) is 107 Å². The highest BCUT2D eigenvalue weighted by molar-refractivity contribution is 5.85. The molecule has 164 valence electrons. The third-order valence-corrected chi connectivity index (χ3v) is 5.45. The summed E-state index contributed by atoms with van der Waals surface area (Å²) in [5, 5.41) is 4.20. The Bertz CT molecular complexity index is 1490. The van der Waals surface area contributed by atoms with Crippen molar-refractivity contribution in [3.63, 3.8) is 0 Å². The number of urea groups is 1. The summed E-state index contributed by atoms with van der Waals surface area (Å²) in [6, 6.07) is 22.9. The van der Waals surface area contributed by atoms with E-state index < -0.39 is 0 Å². The van der Waals surface area contributed by atoms with Crippen LogP contribution in [0, 0.1) is 0 Å². The number of carbonyl (C=O) groups is 1. The van der Waals surface area contributed by atoms with Crippen molar-refractivity contribution in [1.29, 1.82) is 0 Å². The third kappa shape index (κ3) is 4.54. The van der Waals surface area contributed by atoms with E-state index in [4.69, 9.17) is 0 Å². The van der Waals surface area contributed by atoms with Gasteiger partial charge in [-0.1, -0.05) is 36.4 Å². The third-order valence-electron chi connectivity index (χ3n) is 5.45. The molecule has 0 spiro atoms. The van der Waals surface area contributed by atoms with Gasteiger partial charge in [0, 0.05) is 24.7 Å². The number of para-hydroxylation sites is 2. The first kappa shape index (κ1) is 20.3. The SMILES string of the molecule is O=C(NCc1ccc(Cn2cnc3ccccc32)cc1)NNc1ccc2c(=O)[nH]ccc2c1. The topological polar surface area (TPSA) is 104 Å². The van der Waals surface area contributed by atoms with Gasteiger partial charge < -0.3 is 14.9 Å². The maximum atomic E-state index is 12.2. The van der Waals surface area contributed by atoms with Crippen LogP contribution in [0.5, 0.6) is 0 Å². The number of hydrogen-bond donors (Lipinski definition) is 4. The number of imidazole rings is 1. The van der Waals surface area contributed by atoms with Crippen LogP contribution in [0.2, 0.25) is 0 Å². The second-order valence-corrected chi connectivity index (χ2v) is 7.72. The van der Waals surface area contributed by atoms with Crippen molar-refractivity contribution in [2.75, 3.05) is 5.43 Å². The molecule has 0 bridgehead atoms. The first-order chi connectivity index (χ1) is 16.2. The summed E-state index contributed by atoms with van der Waals surface area (Å²) in [6.07, 6.45) is 3.45. The molecular weight excluding hydrogens is 416 g/mol. The lowest BCUT2D eigenvalue weighted by molar-refractivity contribution is 0.242. The Balaban J connectivity index is 1.14. The lowest BCUT2D eigenvalue weighted by atomic mass is 10.1. The highest BCUT2D eigenvalue weighted by Gasteiger charge is 2.05. The molecule has 0 saturated heterocycles. The highest BCUT2D eigenvalue weighted by atomic mass is 16.2. The van der Waals surface area contributed by atoms with Crippen LogP contribution in [0.25, 0.3) is 21.8 Å². The summed E-state index contributed by atoms with van der Waals surface area (Å²) >= 11 is 0. The predicted octanol–water partition coefficient (Wildman–Crippen LogP) is 3.75. The first-order valence-corrected chi connectivity index (χ1v) is 10.5. The van der Waals surface area contributed by atoms with Crippen LogP contribution in [0.15, 0.2) is 90.1 Å². The number of fused-ring (bicyclic) bond motifs is 2. The quantitative estimate of drug-likeness (QED) is 0.303. The number of nitrogens with zero attached hydrogens (tertiary/aromatic N) is 2. The number of aromatic nitrogens is 3. The Hall–Kier alpha value is -4.59. The minimum atomic E-state index is -0.352. The highest BCUT2D eigenvalue weighted by Crippen LogP contribution is 2.16. The molecule has 0 aliphatic rings. The van der Waals surface area contributed by atoms with Gasteiger partial charge in [-0.2, -0.15) is 0 Å². The summed E-state index contributed by atoms with van der Waals surface area (Å²) in [7, 11) is 0. The Morgan fingerprint density at radius 3 is 2.67 bits per heavy atom. The zero-order valence-electron chi connectivity index (χ0n) is 17.7. The largest absolute Gasteiger partial charge is 0.333 e. The smallest absolute Gasteiger partial charge is 0.333 e. The number of benzene rings is 3. The molecule has 3 aromatic carbocycles. The van der Waals surface area contributed by atoms with Crippen LogP contribution in [-0.2, 0) is 13.1 Å². The molecule has 0 fully saturated rings. The van der Waals surface area contributed by atoms with Gasteiger partial charge in [-0.15, -0.1) is 0 Å². The predicted molar refractivity (Wildman–Crippen MR) is 129 cm³/mol. The molecule has 0 aliphatic carbocycles. The van der Waals surface area contributed by atoms with E-state index in [2.05, 4.69) is 48.9 Å². The molecule has 0 atom stereocenters. The minimum absolute atomic E-state index is 0.144. The van der Waals surface area contributed by atoms with Crippen LogP contribution < -0.4 is 21.7 Å². The molecule has 0 unspecified atom stereocenters. The Morgan fingerprint density at radius 2 is 1.79 bits per heavy atom. The number of nitrogens with one attached hydrogen (secondary N) is 4. The van der Waals surface area contributed by atoms with E-state index in [0.29, 0.717) is 17.6 Å². The molecule has 33 heavy (non-hydrogen) atoms. The Labute approximate surface area is 189 Å². The fourth-order valence-electron chi connectivity index (χ4n) is 3.72. The molecule has 8 heteroatoms. The Morgan fingerprint density at radius 1 is 0.970 bits per heavy atom. The second kappa shape index (κ2) is 8.88. The summed E-state index contributed by atoms with van der Waals surface area (Å²) in [5.41, 5.74) is 10.2.